The Kier molecular flexibility index (Phi) is 12.4. The lowest BCUT2D eigenvalue weighted by molar-refractivity contribution is -0.134. The largest absolute Gasteiger partial charge is 0.495 e. The molecule has 62 heavy (non-hydrogen) atoms. The number of hydrogen-bond donors (Lipinski definition) is 5. The molecule has 5 heterocycles. The summed E-state index contributed by atoms with van der Waals surface area (Å²) in [5, 5.41) is 30.0. The fraction of sp³-hybridized carbons (Fsp3) is 0.545. The normalized spacial score (nSPS) is 22.6. The number of nitrogens with one attached hydrogen (secondary N) is 3. The van der Waals surface area contributed by atoms with Crippen LogP contribution in [0.1, 0.15) is 93.0 Å². The molecule has 16 nitrogen and oxygen atoms in total. The van der Waals surface area contributed by atoms with E-state index in [1.54, 1.807) is 41.2 Å². The second-order valence-corrected chi connectivity index (χ2v) is 17.3. The van der Waals surface area contributed by atoms with E-state index in [2.05, 4.69) is 25.8 Å². The van der Waals surface area contributed by atoms with E-state index in [1.807, 2.05) is 11.8 Å². The molecule has 4 fully saturated rings. The van der Waals surface area contributed by atoms with Gasteiger partial charge in [-0.2, -0.15) is 4.98 Å². The van der Waals surface area contributed by atoms with Crippen LogP contribution in [0, 0.1) is 17.6 Å². The van der Waals surface area contributed by atoms with Gasteiger partial charge in [0.05, 0.1) is 24.9 Å². The van der Waals surface area contributed by atoms with Gasteiger partial charge in [-0.15, -0.1) is 0 Å². The summed E-state index contributed by atoms with van der Waals surface area (Å²) >= 11 is 0. The zero-order chi connectivity index (χ0) is 43.9. The molecule has 3 atom stereocenters. The second-order valence-electron chi connectivity index (χ2n) is 17.3. The Balaban J connectivity index is 0.886. The molecule has 3 aromatic rings. The van der Waals surface area contributed by atoms with Gasteiger partial charge in [0.25, 0.3) is 5.91 Å². The standard InChI is InChI=1S/C44H55F2N9O7/c1-4-33-42(61)52(2)34-22-47-43(50-38(34)55(33)27-7-5-6-8-27)48-32-11-9-25(19-35(32)62-3)39(58)51-44(15-18-56)13-16-53(17-14-44)41(60)26-23-54(24-26)28-20-30(45)37(31(46)21-28)29-10-12-36(57)49-40(29)59/h9,11,19-22,26-27,29,33,41,56,60H,4-8,10,12-18,23-24H2,1-3H3,(H,51,58)(H,47,48,50)(H,49,57,59)/t29?,33-,41?/m1/s1. The van der Waals surface area contributed by atoms with Crippen LogP contribution in [0.25, 0.3) is 0 Å². The van der Waals surface area contributed by atoms with E-state index in [0.717, 1.165) is 25.7 Å². The quantitative estimate of drug-likeness (QED) is 0.156. The number of aromatic nitrogens is 2. The van der Waals surface area contributed by atoms with Crippen molar-refractivity contribution in [1.29, 1.82) is 0 Å². The molecule has 0 spiro atoms. The molecule has 5 aliphatic rings. The monoisotopic (exact) mass is 859 g/mol. The number of fused-ring (bicyclic) bond motifs is 1. The highest BCUT2D eigenvalue weighted by Crippen LogP contribution is 2.41. The van der Waals surface area contributed by atoms with E-state index in [9.17, 15) is 29.4 Å². The number of likely N-dealkylation sites (N-methyl/N-ethyl adjacent to an activating group) is 1. The van der Waals surface area contributed by atoms with Crippen molar-refractivity contribution in [3.63, 3.8) is 0 Å². The van der Waals surface area contributed by atoms with Crippen molar-refractivity contribution < 1.29 is 42.9 Å². The van der Waals surface area contributed by atoms with Crippen LogP contribution in [0.5, 0.6) is 5.75 Å². The summed E-state index contributed by atoms with van der Waals surface area (Å²) in [7, 11) is 3.27. The van der Waals surface area contributed by atoms with Crippen molar-refractivity contribution in [3.05, 3.63) is 59.3 Å². The fourth-order valence-corrected chi connectivity index (χ4v) is 9.95. The number of aliphatic hydroxyl groups is 2. The number of amides is 4. The number of imide groups is 1. The van der Waals surface area contributed by atoms with Gasteiger partial charge in [0.2, 0.25) is 23.7 Å². The van der Waals surface area contributed by atoms with E-state index < -0.39 is 41.1 Å². The first kappa shape index (κ1) is 43.2. The van der Waals surface area contributed by atoms with E-state index >= 15 is 8.78 Å². The fourth-order valence-electron chi connectivity index (χ4n) is 9.95. The molecule has 0 radical (unpaired) electrons. The molecular weight excluding hydrogens is 805 g/mol. The number of aliphatic hydroxyl groups excluding tert-OH is 2. The molecular formula is C44H55F2N9O7. The average Bonchev–Trinajstić information content (AvgIpc) is 3.77. The number of carbonyl (C=O) groups is 4. The molecule has 1 aliphatic carbocycles. The third-order valence-corrected chi connectivity index (χ3v) is 13.6. The lowest BCUT2D eigenvalue weighted by Crippen LogP contribution is -2.61. The number of likely N-dealkylation sites (tertiary alicyclic amines) is 1. The number of rotatable bonds is 13. The molecule has 4 amide bonds. The van der Waals surface area contributed by atoms with Crippen LogP contribution in [0.4, 0.5) is 37.6 Å². The van der Waals surface area contributed by atoms with Crippen molar-refractivity contribution in [3.8, 4) is 5.75 Å². The number of anilines is 5. The number of carbonyl (C=O) groups excluding carboxylic acids is 4. The summed E-state index contributed by atoms with van der Waals surface area (Å²) in [5.74, 6) is -3.05. The highest BCUT2D eigenvalue weighted by atomic mass is 19.1. The number of methoxy groups -OCH3 is 1. The molecule has 1 aromatic heterocycles. The SMILES string of the molecule is CC[C@@H]1C(=O)N(C)c2cnc(Nc3ccc(C(=O)NC4(CCO)CCN(C(O)C5CN(c6cc(F)c(C7CCC(=O)NC7=O)c(F)c6)C5)CC4)cc3OC)nc2N1C1CCCC1. The molecule has 5 N–H and O–H groups in total. The van der Waals surface area contributed by atoms with Crippen molar-refractivity contribution in [1.82, 2.24) is 25.5 Å². The van der Waals surface area contributed by atoms with Crippen LogP contribution in [0.15, 0.2) is 36.5 Å². The molecule has 1 saturated carbocycles. The van der Waals surface area contributed by atoms with Crippen LogP contribution in [-0.4, -0.2) is 120 Å². The summed E-state index contributed by atoms with van der Waals surface area (Å²) in [6, 6.07) is 7.33. The van der Waals surface area contributed by atoms with Gasteiger partial charge in [0.15, 0.2) is 5.82 Å². The minimum Gasteiger partial charge on any atom is -0.495 e. The number of nitrogens with zero attached hydrogens (tertiary/aromatic N) is 6. The maximum absolute atomic E-state index is 15.2. The molecule has 2 aromatic carbocycles. The number of piperidine rings is 2. The minimum atomic E-state index is -1.08. The van der Waals surface area contributed by atoms with Crippen molar-refractivity contribution in [2.45, 2.75) is 101 Å². The highest BCUT2D eigenvalue weighted by Gasteiger charge is 2.44. The Morgan fingerprint density at radius 1 is 1.06 bits per heavy atom. The van der Waals surface area contributed by atoms with Gasteiger partial charge >= 0.3 is 0 Å². The topological polar surface area (TPSA) is 193 Å². The summed E-state index contributed by atoms with van der Waals surface area (Å²) < 4.78 is 36.1. The maximum Gasteiger partial charge on any atom is 0.251 e. The van der Waals surface area contributed by atoms with Crippen LogP contribution in [0.3, 0.4) is 0 Å². The smallest absolute Gasteiger partial charge is 0.251 e. The van der Waals surface area contributed by atoms with Gasteiger partial charge in [-0.25, -0.2) is 13.8 Å². The minimum absolute atomic E-state index is 0.00569. The Labute approximate surface area is 359 Å². The number of hydrogen-bond acceptors (Lipinski definition) is 13. The zero-order valence-corrected chi connectivity index (χ0v) is 35.3. The zero-order valence-electron chi connectivity index (χ0n) is 35.3. The predicted octanol–water partition coefficient (Wildman–Crippen LogP) is 3.93. The Morgan fingerprint density at radius 3 is 2.42 bits per heavy atom. The first-order valence-electron chi connectivity index (χ1n) is 21.6. The summed E-state index contributed by atoms with van der Waals surface area (Å²) in [6.07, 6.45) is 6.99. The molecule has 4 aliphatic heterocycles. The highest BCUT2D eigenvalue weighted by molar-refractivity contribution is 6.04. The predicted molar refractivity (Wildman–Crippen MR) is 226 cm³/mol. The van der Waals surface area contributed by atoms with Gasteiger partial charge < -0.3 is 40.3 Å². The second kappa shape index (κ2) is 17.7. The molecule has 8 rings (SSSR count). The lowest BCUT2D eigenvalue weighted by Gasteiger charge is -2.49. The molecule has 3 saturated heterocycles. The molecule has 0 bridgehead atoms. The van der Waals surface area contributed by atoms with Crippen LogP contribution in [-0.2, 0) is 14.4 Å². The maximum atomic E-state index is 15.2. The Bertz CT molecular complexity index is 2190. The van der Waals surface area contributed by atoms with Crippen molar-refractivity contribution >= 4 is 52.5 Å². The summed E-state index contributed by atoms with van der Waals surface area (Å²) in [6.45, 7) is 3.46. The van der Waals surface area contributed by atoms with Crippen molar-refractivity contribution in [2.24, 2.45) is 5.92 Å². The van der Waals surface area contributed by atoms with Crippen LogP contribution >= 0.6 is 0 Å². The number of halogens is 2. The Hall–Kier alpha value is -5.46. The first-order valence-corrected chi connectivity index (χ1v) is 21.6. The van der Waals surface area contributed by atoms with Crippen LogP contribution in [0.2, 0.25) is 0 Å². The number of benzene rings is 2. The number of ether oxygens (including phenoxy) is 1. The summed E-state index contributed by atoms with van der Waals surface area (Å²) in [4.78, 5) is 67.9. The van der Waals surface area contributed by atoms with Gasteiger partial charge in [-0.05, 0) is 75.3 Å². The van der Waals surface area contributed by atoms with E-state index in [-0.39, 0.29) is 54.8 Å². The third-order valence-electron chi connectivity index (χ3n) is 13.6. The molecule has 332 valence electrons. The third kappa shape index (κ3) is 8.26. The van der Waals surface area contributed by atoms with Gasteiger partial charge in [-0.1, -0.05) is 19.8 Å². The Morgan fingerprint density at radius 2 is 1.77 bits per heavy atom. The van der Waals surface area contributed by atoms with E-state index in [4.69, 9.17) is 9.72 Å². The van der Waals surface area contributed by atoms with Gasteiger partial charge in [0.1, 0.15) is 35.3 Å². The average molecular weight is 860 g/mol. The summed E-state index contributed by atoms with van der Waals surface area (Å²) in [5.41, 5.74) is 0.778. The van der Waals surface area contributed by atoms with Gasteiger partial charge in [0, 0.05) is 80.6 Å². The van der Waals surface area contributed by atoms with Gasteiger partial charge in [-0.3, -0.25) is 29.4 Å². The molecule has 2 unspecified atom stereocenters. The van der Waals surface area contributed by atoms with E-state index in [1.165, 1.54) is 19.2 Å². The van der Waals surface area contributed by atoms with Crippen molar-refractivity contribution in [2.75, 3.05) is 67.0 Å². The van der Waals surface area contributed by atoms with E-state index in [0.29, 0.717) is 92.0 Å². The molecule has 18 heteroatoms. The lowest BCUT2D eigenvalue weighted by atomic mass is 9.83. The first-order chi connectivity index (χ1) is 29.8. The van der Waals surface area contributed by atoms with Crippen LogP contribution < -0.4 is 35.4 Å².